The number of nitrogens with one attached hydrogen (secondary N) is 1. The van der Waals surface area contributed by atoms with Gasteiger partial charge in [-0.1, -0.05) is 36.4 Å². The first kappa shape index (κ1) is 19.2. The maximum atomic E-state index is 11.1. The molecular weight excluding hydrogens is 386 g/mol. The molecule has 1 N–H and O–H groups in total. The Morgan fingerprint density at radius 1 is 1.15 bits per heavy atom. The number of nitrogens with zero attached hydrogens (tertiary/aromatic N) is 2. The van der Waals surface area contributed by atoms with Crippen molar-refractivity contribution in [3.8, 4) is 21.8 Å². The van der Waals surface area contributed by atoms with Crippen molar-refractivity contribution in [2.24, 2.45) is 0 Å². The van der Waals surface area contributed by atoms with E-state index in [1.807, 2.05) is 29.6 Å². The van der Waals surface area contributed by atoms with E-state index in [2.05, 4.69) is 9.71 Å². The van der Waals surface area contributed by atoms with Crippen LogP contribution in [0.2, 0.25) is 0 Å². The minimum Gasteiger partial charge on any atom is -0.258 e. The smallest absolute Gasteiger partial charge is 0.258 e. The molecule has 0 radical (unpaired) electrons. The van der Waals surface area contributed by atoms with Gasteiger partial charge in [0.2, 0.25) is 10.0 Å². The summed E-state index contributed by atoms with van der Waals surface area (Å²) in [4.78, 5) is 15.1. The summed E-state index contributed by atoms with van der Waals surface area (Å²) in [6.45, 7) is 0.353. The number of hydrogen-bond donors (Lipinski definition) is 1. The van der Waals surface area contributed by atoms with E-state index < -0.39 is 14.9 Å². The van der Waals surface area contributed by atoms with Gasteiger partial charge in [0.1, 0.15) is 5.01 Å². The first-order valence-electron chi connectivity index (χ1n) is 8.06. The zero-order valence-corrected chi connectivity index (χ0v) is 16.1. The number of aromatic nitrogens is 1. The van der Waals surface area contributed by atoms with E-state index in [1.54, 1.807) is 12.1 Å². The Labute approximate surface area is 160 Å². The number of benzene rings is 2. The molecule has 1 heterocycles. The molecule has 0 bridgehead atoms. The van der Waals surface area contributed by atoms with Crippen LogP contribution < -0.4 is 4.72 Å². The SMILES string of the molecule is CS(=O)(=O)NCCc1ccc(-c2csc(-c3cccc([N+](=O)[O-])c3)n2)cc1. The molecule has 0 spiro atoms. The number of rotatable bonds is 7. The highest BCUT2D eigenvalue weighted by Crippen LogP contribution is 2.30. The minimum atomic E-state index is -3.18. The van der Waals surface area contributed by atoms with Gasteiger partial charge in [0.05, 0.1) is 16.9 Å². The summed E-state index contributed by atoms with van der Waals surface area (Å²) < 4.78 is 24.6. The van der Waals surface area contributed by atoms with E-state index in [9.17, 15) is 18.5 Å². The van der Waals surface area contributed by atoms with E-state index >= 15 is 0 Å². The molecule has 0 aliphatic carbocycles. The molecule has 0 atom stereocenters. The van der Waals surface area contributed by atoms with Crippen LogP contribution in [0.4, 0.5) is 5.69 Å². The zero-order chi connectivity index (χ0) is 19.4. The molecule has 0 saturated carbocycles. The van der Waals surface area contributed by atoms with E-state index in [0.717, 1.165) is 28.1 Å². The Kier molecular flexibility index (Phi) is 5.64. The normalized spacial score (nSPS) is 11.4. The highest BCUT2D eigenvalue weighted by atomic mass is 32.2. The third-order valence-electron chi connectivity index (χ3n) is 3.84. The van der Waals surface area contributed by atoms with Crippen LogP contribution in [0.1, 0.15) is 5.56 Å². The first-order valence-corrected chi connectivity index (χ1v) is 10.8. The van der Waals surface area contributed by atoms with Gasteiger partial charge in [-0.15, -0.1) is 11.3 Å². The van der Waals surface area contributed by atoms with Crippen molar-refractivity contribution < 1.29 is 13.3 Å². The van der Waals surface area contributed by atoms with Crippen LogP contribution >= 0.6 is 11.3 Å². The van der Waals surface area contributed by atoms with E-state index in [0.29, 0.717) is 18.5 Å². The molecule has 7 nitrogen and oxygen atoms in total. The van der Waals surface area contributed by atoms with Gasteiger partial charge in [0.15, 0.2) is 0 Å². The van der Waals surface area contributed by atoms with Crippen molar-refractivity contribution in [2.45, 2.75) is 6.42 Å². The van der Waals surface area contributed by atoms with Crippen molar-refractivity contribution in [2.75, 3.05) is 12.8 Å². The Morgan fingerprint density at radius 2 is 1.89 bits per heavy atom. The van der Waals surface area contributed by atoms with E-state index in [-0.39, 0.29) is 5.69 Å². The number of hydrogen-bond acceptors (Lipinski definition) is 6. The summed E-state index contributed by atoms with van der Waals surface area (Å²) in [6, 6.07) is 14.2. The summed E-state index contributed by atoms with van der Waals surface area (Å²) >= 11 is 1.43. The molecule has 9 heteroatoms. The van der Waals surface area contributed by atoms with Gasteiger partial charge in [0.25, 0.3) is 5.69 Å². The average molecular weight is 403 g/mol. The maximum Gasteiger partial charge on any atom is 0.270 e. The van der Waals surface area contributed by atoms with Crippen LogP contribution in [0.5, 0.6) is 0 Å². The van der Waals surface area contributed by atoms with Crippen LogP contribution in [0.15, 0.2) is 53.9 Å². The van der Waals surface area contributed by atoms with Crippen LogP contribution in [0.25, 0.3) is 21.8 Å². The topological polar surface area (TPSA) is 102 Å². The van der Waals surface area contributed by atoms with Crippen molar-refractivity contribution in [1.82, 2.24) is 9.71 Å². The fourth-order valence-corrected chi connectivity index (χ4v) is 3.81. The molecule has 140 valence electrons. The average Bonchev–Trinajstić information content (AvgIpc) is 3.11. The van der Waals surface area contributed by atoms with Gasteiger partial charge in [-0.25, -0.2) is 18.1 Å². The lowest BCUT2D eigenvalue weighted by atomic mass is 10.1. The van der Waals surface area contributed by atoms with Gasteiger partial charge in [0, 0.05) is 35.2 Å². The van der Waals surface area contributed by atoms with E-state index in [1.165, 1.54) is 23.5 Å². The third kappa shape index (κ3) is 5.19. The first-order chi connectivity index (χ1) is 12.8. The van der Waals surface area contributed by atoms with Crippen LogP contribution in [-0.4, -0.2) is 31.1 Å². The molecule has 2 aromatic carbocycles. The lowest BCUT2D eigenvalue weighted by molar-refractivity contribution is -0.384. The molecule has 0 saturated heterocycles. The Morgan fingerprint density at radius 3 is 2.56 bits per heavy atom. The van der Waals surface area contributed by atoms with E-state index in [4.69, 9.17) is 0 Å². The molecule has 0 unspecified atom stereocenters. The summed E-state index contributed by atoms with van der Waals surface area (Å²) in [7, 11) is -3.18. The lowest BCUT2D eigenvalue weighted by Gasteiger charge is -2.04. The van der Waals surface area contributed by atoms with Crippen LogP contribution in [0.3, 0.4) is 0 Å². The summed E-state index contributed by atoms with van der Waals surface area (Å²) in [5, 5.41) is 13.6. The quantitative estimate of drug-likeness (QED) is 0.481. The van der Waals surface area contributed by atoms with Crippen LogP contribution in [-0.2, 0) is 16.4 Å². The molecule has 0 aliphatic rings. The maximum absolute atomic E-state index is 11.1. The largest absolute Gasteiger partial charge is 0.270 e. The molecule has 0 aliphatic heterocycles. The summed E-state index contributed by atoms with van der Waals surface area (Å²) in [5.74, 6) is 0. The number of non-ortho nitro benzene ring substituents is 1. The predicted molar refractivity (Wildman–Crippen MR) is 106 cm³/mol. The molecule has 3 rings (SSSR count). The number of sulfonamides is 1. The standard InChI is InChI=1S/C18H17N3O4S2/c1-27(24,25)19-10-9-13-5-7-14(8-6-13)17-12-26-18(20-17)15-3-2-4-16(11-15)21(22)23/h2-8,11-12,19H,9-10H2,1H3. The van der Waals surface area contributed by atoms with Gasteiger partial charge >= 0.3 is 0 Å². The highest BCUT2D eigenvalue weighted by Gasteiger charge is 2.11. The second kappa shape index (κ2) is 7.95. The van der Waals surface area contributed by atoms with Crippen molar-refractivity contribution in [3.63, 3.8) is 0 Å². The molecule has 3 aromatic rings. The van der Waals surface area contributed by atoms with Gasteiger partial charge in [-0.2, -0.15) is 0 Å². The fourth-order valence-electron chi connectivity index (χ4n) is 2.51. The number of nitro groups is 1. The fraction of sp³-hybridized carbons (Fsp3) is 0.167. The molecule has 27 heavy (non-hydrogen) atoms. The summed E-state index contributed by atoms with van der Waals surface area (Å²) in [6.07, 6.45) is 1.74. The predicted octanol–water partition coefficient (Wildman–Crippen LogP) is 3.48. The second-order valence-corrected chi connectivity index (χ2v) is 8.65. The van der Waals surface area contributed by atoms with Crippen molar-refractivity contribution in [1.29, 1.82) is 0 Å². The third-order valence-corrected chi connectivity index (χ3v) is 5.46. The Balaban J connectivity index is 1.73. The van der Waals surface area contributed by atoms with Crippen molar-refractivity contribution >= 4 is 27.0 Å². The number of nitro benzene ring substituents is 1. The number of thiazole rings is 1. The van der Waals surface area contributed by atoms with Crippen molar-refractivity contribution in [3.05, 3.63) is 69.6 Å². The van der Waals surface area contributed by atoms with Gasteiger partial charge < -0.3 is 0 Å². The Bertz CT molecular complexity index is 1060. The highest BCUT2D eigenvalue weighted by molar-refractivity contribution is 7.88. The minimum absolute atomic E-state index is 0.0382. The molecular formula is C18H17N3O4S2. The van der Waals surface area contributed by atoms with Crippen LogP contribution in [0, 0.1) is 10.1 Å². The molecule has 0 fully saturated rings. The van der Waals surface area contributed by atoms with Gasteiger partial charge in [-0.05, 0) is 12.0 Å². The lowest BCUT2D eigenvalue weighted by Crippen LogP contribution is -2.24. The zero-order valence-electron chi connectivity index (χ0n) is 14.5. The molecule has 0 amide bonds. The second-order valence-electron chi connectivity index (χ2n) is 5.96. The molecule has 1 aromatic heterocycles. The monoisotopic (exact) mass is 403 g/mol. The van der Waals surface area contributed by atoms with Gasteiger partial charge in [-0.3, -0.25) is 10.1 Å². The Hall–Kier alpha value is -2.62. The summed E-state index contributed by atoms with van der Waals surface area (Å²) in [5.41, 5.74) is 3.49.